The van der Waals surface area contributed by atoms with Gasteiger partial charge >= 0.3 is 0 Å². The summed E-state index contributed by atoms with van der Waals surface area (Å²) >= 11 is 2.90. The molecule has 0 fully saturated rings. The molecule has 0 aliphatic carbocycles. The third-order valence-electron chi connectivity index (χ3n) is 2.83. The molecule has 0 aliphatic heterocycles. The number of anilines is 1. The number of carbonyl (C=O) groups excluding carboxylic acids is 1. The van der Waals surface area contributed by atoms with E-state index in [1.165, 1.54) is 4.90 Å². The van der Waals surface area contributed by atoms with E-state index in [2.05, 4.69) is 21.2 Å². The van der Waals surface area contributed by atoms with Gasteiger partial charge in [0.1, 0.15) is 17.5 Å². The summed E-state index contributed by atoms with van der Waals surface area (Å²) in [5.74, 6) is -0.869. The largest absolute Gasteiger partial charge is 0.368 e. The van der Waals surface area contributed by atoms with E-state index in [-0.39, 0.29) is 21.8 Å². The minimum absolute atomic E-state index is 0.000550. The van der Waals surface area contributed by atoms with Crippen molar-refractivity contribution < 1.29 is 14.1 Å². The third kappa shape index (κ3) is 3.66. The van der Waals surface area contributed by atoms with E-state index in [0.29, 0.717) is 6.54 Å². The van der Waals surface area contributed by atoms with Gasteiger partial charge in [0.25, 0.3) is 5.69 Å². The second-order valence-electron chi connectivity index (χ2n) is 4.26. The molecule has 0 aliphatic rings. The van der Waals surface area contributed by atoms with Crippen LogP contribution in [0.25, 0.3) is 0 Å². The molecule has 110 valence electrons. The topological polar surface area (TPSA) is 75.5 Å². The lowest BCUT2D eigenvalue weighted by atomic mass is 10.2. The van der Waals surface area contributed by atoms with Gasteiger partial charge in [0.05, 0.1) is 9.40 Å². The fraction of sp³-hybridized carbons (Fsp3) is 0.417. The molecule has 8 heteroatoms. The van der Waals surface area contributed by atoms with E-state index in [1.54, 1.807) is 14.0 Å². The molecular formula is C12H15BrFN3O3. The maximum atomic E-state index is 13.5. The molecule has 0 bridgehead atoms. The predicted octanol–water partition coefficient (Wildman–Crippen LogP) is 2.78. The van der Waals surface area contributed by atoms with E-state index in [0.717, 1.165) is 12.1 Å². The molecule has 1 rings (SSSR count). The predicted molar refractivity (Wildman–Crippen MR) is 77.2 cm³/mol. The first-order chi connectivity index (χ1) is 9.27. The number of hydrogen-bond acceptors (Lipinski definition) is 4. The average molecular weight is 348 g/mol. The molecule has 0 spiro atoms. The molecule has 1 unspecified atom stereocenters. The zero-order valence-electron chi connectivity index (χ0n) is 11.3. The molecule has 0 radical (unpaired) electrons. The number of nitro groups is 1. The highest BCUT2D eigenvalue weighted by atomic mass is 79.9. The van der Waals surface area contributed by atoms with Crippen molar-refractivity contribution in [1.82, 2.24) is 4.90 Å². The van der Waals surface area contributed by atoms with Crippen molar-refractivity contribution in [3.8, 4) is 0 Å². The molecule has 0 saturated carbocycles. The number of nitrogens with one attached hydrogen (secondary N) is 1. The Kier molecular flexibility index (Phi) is 5.43. The second-order valence-corrected chi connectivity index (χ2v) is 5.11. The fourth-order valence-electron chi connectivity index (χ4n) is 1.58. The van der Waals surface area contributed by atoms with Gasteiger partial charge in [0, 0.05) is 25.7 Å². The number of halogens is 2. The number of carbonyl (C=O) groups is 1. The highest BCUT2D eigenvalue weighted by Crippen LogP contribution is 2.31. The molecule has 1 aromatic rings. The molecular weight excluding hydrogens is 333 g/mol. The van der Waals surface area contributed by atoms with Gasteiger partial charge in [-0.3, -0.25) is 14.9 Å². The highest BCUT2D eigenvalue weighted by molar-refractivity contribution is 9.10. The van der Waals surface area contributed by atoms with Gasteiger partial charge in [-0.25, -0.2) is 4.39 Å². The van der Waals surface area contributed by atoms with Crippen molar-refractivity contribution in [2.24, 2.45) is 0 Å². The molecule has 1 aromatic carbocycles. The van der Waals surface area contributed by atoms with Crippen LogP contribution >= 0.6 is 15.9 Å². The van der Waals surface area contributed by atoms with Crippen molar-refractivity contribution in [2.75, 3.05) is 18.9 Å². The van der Waals surface area contributed by atoms with Crippen LogP contribution in [-0.4, -0.2) is 35.4 Å². The summed E-state index contributed by atoms with van der Waals surface area (Å²) in [5, 5.41) is 13.6. The second kappa shape index (κ2) is 6.65. The smallest absolute Gasteiger partial charge is 0.293 e. The van der Waals surface area contributed by atoms with Crippen molar-refractivity contribution in [3.05, 3.63) is 32.5 Å². The van der Waals surface area contributed by atoms with E-state index >= 15 is 0 Å². The molecule has 20 heavy (non-hydrogen) atoms. The third-order valence-corrected chi connectivity index (χ3v) is 3.44. The van der Waals surface area contributed by atoms with E-state index in [4.69, 9.17) is 0 Å². The Balaban J connectivity index is 3.05. The van der Waals surface area contributed by atoms with Crippen LogP contribution in [0.15, 0.2) is 16.6 Å². The van der Waals surface area contributed by atoms with Gasteiger partial charge in [0.2, 0.25) is 5.91 Å². The number of amides is 1. The Morgan fingerprint density at radius 2 is 2.20 bits per heavy atom. The number of rotatable bonds is 5. The summed E-state index contributed by atoms with van der Waals surface area (Å²) in [7, 11) is 1.62. The number of benzene rings is 1. The first-order valence-electron chi connectivity index (χ1n) is 5.92. The quantitative estimate of drug-likeness (QED) is 0.656. The SMILES string of the molecule is CCN(C)C(=O)C(C)Nc1cc(F)c(Br)cc1[N+](=O)[O-]. The minimum atomic E-state index is -0.695. The lowest BCUT2D eigenvalue weighted by Gasteiger charge is -2.21. The first-order valence-corrected chi connectivity index (χ1v) is 6.72. The normalized spacial score (nSPS) is 11.8. The van der Waals surface area contributed by atoms with Crippen LogP contribution in [0.1, 0.15) is 13.8 Å². The number of hydrogen-bond donors (Lipinski definition) is 1. The van der Waals surface area contributed by atoms with Gasteiger partial charge in [0.15, 0.2) is 0 Å². The standard InChI is InChI=1S/C12H15BrFN3O3/c1-4-16(3)12(18)7(2)15-10-6-9(14)8(13)5-11(10)17(19)20/h5-7,15H,4H2,1-3H3. The summed E-state index contributed by atoms with van der Waals surface area (Å²) in [6.45, 7) is 3.90. The van der Waals surface area contributed by atoms with Gasteiger partial charge in [-0.2, -0.15) is 0 Å². The Morgan fingerprint density at radius 3 is 2.70 bits per heavy atom. The Hall–Kier alpha value is -1.70. The molecule has 1 N–H and O–H groups in total. The highest BCUT2D eigenvalue weighted by Gasteiger charge is 2.22. The van der Waals surface area contributed by atoms with Gasteiger partial charge in [-0.05, 0) is 29.8 Å². The summed E-state index contributed by atoms with van der Waals surface area (Å²) in [6.07, 6.45) is 0. The molecule has 1 atom stereocenters. The molecule has 0 heterocycles. The van der Waals surface area contributed by atoms with Crippen LogP contribution in [0.4, 0.5) is 15.8 Å². The monoisotopic (exact) mass is 347 g/mol. The molecule has 0 aromatic heterocycles. The zero-order chi connectivity index (χ0) is 15.4. The van der Waals surface area contributed by atoms with Crippen LogP contribution in [0, 0.1) is 15.9 Å². The first kappa shape index (κ1) is 16.4. The fourth-order valence-corrected chi connectivity index (χ4v) is 1.92. The van der Waals surface area contributed by atoms with Crippen molar-refractivity contribution in [3.63, 3.8) is 0 Å². The number of nitro benzene ring substituents is 1. The maximum Gasteiger partial charge on any atom is 0.293 e. The summed E-state index contributed by atoms with van der Waals surface area (Å²) < 4.78 is 13.5. The van der Waals surface area contributed by atoms with E-state index in [1.807, 2.05) is 6.92 Å². The Bertz CT molecular complexity index is 539. The van der Waals surface area contributed by atoms with Crippen LogP contribution in [0.2, 0.25) is 0 Å². The number of likely N-dealkylation sites (N-methyl/N-ethyl adjacent to an activating group) is 1. The zero-order valence-corrected chi connectivity index (χ0v) is 12.9. The van der Waals surface area contributed by atoms with Crippen LogP contribution in [0.5, 0.6) is 0 Å². The average Bonchev–Trinajstić information content (AvgIpc) is 2.40. The van der Waals surface area contributed by atoms with Crippen molar-refractivity contribution in [2.45, 2.75) is 19.9 Å². The summed E-state index contributed by atoms with van der Waals surface area (Å²) in [4.78, 5) is 23.7. The lowest BCUT2D eigenvalue weighted by molar-refractivity contribution is -0.384. The lowest BCUT2D eigenvalue weighted by Crippen LogP contribution is -2.38. The summed E-state index contributed by atoms with van der Waals surface area (Å²) in [5.41, 5.74) is -0.321. The van der Waals surface area contributed by atoms with Crippen LogP contribution in [-0.2, 0) is 4.79 Å². The van der Waals surface area contributed by atoms with Gasteiger partial charge in [-0.15, -0.1) is 0 Å². The molecule has 1 amide bonds. The Labute approximate surface area is 124 Å². The van der Waals surface area contributed by atoms with Gasteiger partial charge < -0.3 is 10.2 Å². The maximum absolute atomic E-state index is 13.5. The minimum Gasteiger partial charge on any atom is -0.368 e. The number of nitrogens with zero attached hydrogens (tertiary/aromatic N) is 2. The van der Waals surface area contributed by atoms with Gasteiger partial charge in [-0.1, -0.05) is 0 Å². The molecule has 6 nitrogen and oxygen atoms in total. The molecule has 0 saturated heterocycles. The van der Waals surface area contributed by atoms with Crippen LogP contribution < -0.4 is 5.32 Å². The van der Waals surface area contributed by atoms with E-state index in [9.17, 15) is 19.3 Å². The summed E-state index contributed by atoms with van der Waals surface area (Å²) in [6, 6.07) is 1.37. The van der Waals surface area contributed by atoms with Crippen molar-refractivity contribution >= 4 is 33.2 Å². The van der Waals surface area contributed by atoms with E-state index < -0.39 is 16.8 Å². The Morgan fingerprint density at radius 1 is 1.60 bits per heavy atom. The van der Waals surface area contributed by atoms with Crippen LogP contribution in [0.3, 0.4) is 0 Å². The van der Waals surface area contributed by atoms with Crippen molar-refractivity contribution in [1.29, 1.82) is 0 Å².